The Balaban J connectivity index is 1.47. The lowest BCUT2D eigenvalue weighted by molar-refractivity contribution is -0.224. The number of ether oxygens (including phenoxy) is 3. The van der Waals surface area contributed by atoms with Gasteiger partial charge in [0.05, 0.1) is 30.4 Å². The number of benzene rings is 2. The van der Waals surface area contributed by atoms with Crippen LogP contribution in [0.5, 0.6) is 17.2 Å². The molecule has 0 aliphatic carbocycles. The SMILES string of the molecule is CCOC(=O)CCN1CCC(ON2C=CC=CC2Oc2c(F)cc(C(=N)N)c(Oc3cccc(N=C(N)N)c3)c2F)CC1. The first kappa shape index (κ1) is 31.3. The van der Waals surface area contributed by atoms with Gasteiger partial charge in [-0.25, -0.2) is 14.4 Å². The van der Waals surface area contributed by atoms with Crippen molar-refractivity contribution >= 4 is 23.5 Å². The summed E-state index contributed by atoms with van der Waals surface area (Å²) in [5.41, 5.74) is 16.5. The molecule has 2 aliphatic heterocycles. The van der Waals surface area contributed by atoms with Gasteiger partial charge in [0.15, 0.2) is 23.3 Å². The number of hydrogen-bond acceptors (Lipinski definition) is 9. The van der Waals surface area contributed by atoms with E-state index in [1.807, 2.05) is 0 Å². The highest BCUT2D eigenvalue weighted by Gasteiger charge is 2.30. The number of nitrogens with two attached hydrogens (primary N) is 3. The van der Waals surface area contributed by atoms with Crippen molar-refractivity contribution in [2.45, 2.75) is 38.5 Å². The number of esters is 1. The van der Waals surface area contributed by atoms with Crippen LogP contribution in [0.2, 0.25) is 0 Å². The van der Waals surface area contributed by atoms with Gasteiger partial charge in [-0.1, -0.05) is 12.1 Å². The standard InChI is InChI=1S/C29H35F2N7O5/c1-2-40-24(39)11-15-37-13-9-19(10-14-37)43-38-12-4-3-8-23(38)42-27-22(30)17-21(28(32)33)26(25(27)31)41-20-7-5-6-18(16-20)36-29(34)35/h3-8,12,16-17,19,23H,2,9-11,13-15H2,1H3,(H3,32,33)(H4,34,35,36). The molecule has 0 saturated carbocycles. The van der Waals surface area contributed by atoms with Crippen molar-refractivity contribution in [3.05, 3.63) is 72.0 Å². The zero-order valence-electron chi connectivity index (χ0n) is 23.7. The van der Waals surface area contributed by atoms with Crippen molar-refractivity contribution < 1.29 is 32.6 Å². The summed E-state index contributed by atoms with van der Waals surface area (Å²) in [6.45, 7) is 4.15. The molecule has 1 atom stereocenters. The molecule has 1 saturated heterocycles. The molecule has 1 unspecified atom stereocenters. The number of aliphatic imine (C=N–C) groups is 1. The van der Waals surface area contributed by atoms with Crippen molar-refractivity contribution in [1.29, 1.82) is 5.41 Å². The smallest absolute Gasteiger partial charge is 0.307 e. The molecule has 43 heavy (non-hydrogen) atoms. The van der Waals surface area contributed by atoms with Gasteiger partial charge in [0, 0.05) is 31.9 Å². The van der Waals surface area contributed by atoms with Gasteiger partial charge in [-0.05, 0) is 50.1 Å². The van der Waals surface area contributed by atoms with Crippen LogP contribution in [0.3, 0.4) is 0 Å². The molecule has 7 N–H and O–H groups in total. The number of hydrogen-bond donors (Lipinski definition) is 4. The summed E-state index contributed by atoms with van der Waals surface area (Å²) in [7, 11) is 0. The quantitative estimate of drug-likeness (QED) is 0.161. The number of carbonyl (C=O) groups is 1. The molecule has 12 nitrogen and oxygen atoms in total. The molecule has 0 spiro atoms. The fourth-order valence-corrected chi connectivity index (χ4v) is 4.54. The Labute approximate surface area is 247 Å². The number of carbonyl (C=O) groups excluding carboxylic acids is 1. The van der Waals surface area contributed by atoms with Crippen LogP contribution in [0, 0.1) is 17.0 Å². The normalized spacial score (nSPS) is 17.0. The average Bonchev–Trinajstić information content (AvgIpc) is 2.97. The third-order valence-corrected chi connectivity index (χ3v) is 6.57. The zero-order chi connectivity index (χ0) is 30.9. The van der Waals surface area contributed by atoms with Crippen LogP contribution in [0.1, 0.15) is 31.7 Å². The van der Waals surface area contributed by atoms with Crippen molar-refractivity contribution in [1.82, 2.24) is 9.96 Å². The molecule has 2 aromatic carbocycles. The average molecular weight is 600 g/mol. The first-order valence-corrected chi connectivity index (χ1v) is 13.7. The molecule has 2 aromatic rings. The zero-order valence-corrected chi connectivity index (χ0v) is 23.7. The fourth-order valence-electron chi connectivity index (χ4n) is 4.54. The van der Waals surface area contributed by atoms with Gasteiger partial charge in [0.1, 0.15) is 11.6 Å². The minimum Gasteiger partial charge on any atom is -0.466 e. The van der Waals surface area contributed by atoms with Crippen LogP contribution in [-0.2, 0) is 14.4 Å². The van der Waals surface area contributed by atoms with E-state index in [0.29, 0.717) is 51.2 Å². The van der Waals surface area contributed by atoms with E-state index < -0.39 is 35.2 Å². The third kappa shape index (κ3) is 8.42. The van der Waals surface area contributed by atoms with Gasteiger partial charge >= 0.3 is 5.97 Å². The highest BCUT2D eigenvalue weighted by atomic mass is 19.1. The van der Waals surface area contributed by atoms with Gasteiger partial charge in [-0.2, -0.15) is 4.39 Å². The number of nitrogen functional groups attached to an aromatic ring is 1. The van der Waals surface area contributed by atoms with Crippen LogP contribution < -0.4 is 26.7 Å². The molecule has 1 fully saturated rings. The van der Waals surface area contributed by atoms with Crippen LogP contribution in [0.15, 0.2) is 59.8 Å². The number of guanidine groups is 1. The number of hydroxylamine groups is 2. The number of amidine groups is 1. The van der Waals surface area contributed by atoms with Crippen molar-refractivity contribution in [3.8, 4) is 17.2 Å². The third-order valence-electron chi connectivity index (χ3n) is 6.57. The molecule has 230 valence electrons. The van der Waals surface area contributed by atoms with Crippen molar-refractivity contribution in [2.75, 3.05) is 26.2 Å². The summed E-state index contributed by atoms with van der Waals surface area (Å²) in [5, 5.41) is 9.23. The predicted molar refractivity (Wildman–Crippen MR) is 156 cm³/mol. The first-order valence-electron chi connectivity index (χ1n) is 13.7. The van der Waals surface area contributed by atoms with E-state index in [0.717, 1.165) is 6.07 Å². The number of likely N-dealkylation sites (tertiary alicyclic amines) is 1. The molecule has 14 heteroatoms. The number of piperidine rings is 1. The Morgan fingerprint density at radius 3 is 2.58 bits per heavy atom. The van der Waals surface area contributed by atoms with Crippen molar-refractivity contribution in [2.24, 2.45) is 22.2 Å². The highest BCUT2D eigenvalue weighted by molar-refractivity contribution is 5.98. The predicted octanol–water partition coefficient (Wildman–Crippen LogP) is 3.39. The van der Waals surface area contributed by atoms with Gasteiger partial charge in [-0.3, -0.25) is 15.0 Å². The van der Waals surface area contributed by atoms with E-state index >= 15 is 8.78 Å². The van der Waals surface area contributed by atoms with Crippen LogP contribution in [-0.4, -0.2) is 66.3 Å². The van der Waals surface area contributed by atoms with Crippen LogP contribution in [0.25, 0.3) is 0 Å². The summed E-state index contributed by atoms with van der Waals surface area (Å²) in [5.74, 6) is -4.45. The number of halogens is 2. The van der Waals surface area contributed by atoms with E-state index in [-0.39, 0.29) is 29.3 Å². The maximum Gasteiger partial charge on any atom is 0.307 e. The molecule has 0 aromatic heterocycles. The second-order valence-electron chi connectivity index (χ2n) is 9.72. The first-order chi connectivity index (χ1) is 20.6. The summed E-state index contributed by atoms with van der Waals surface area (Å²) in [6.07, 6.45) is 7.02. The Morgan fingerprint density at radius 2 is 1.88 bits per heavy atom. The highest BCUT2D eigenvalue weighted by Crippen LogP contribution is 2.38. The molecule has 2 heterocycles. The summed E-state index contributed by atoms with van der Waals surface area (Å²) >= 11 is 0. The maximum absolute atomic E-state index is 15.9. The van der Waals surface area contributed by atoms with E-state index in [2.05, 4.69) is 9.89 Å². The minimum atomic E-state index is -1.20. The number of allylic oxidation sites excluding steroid dienone is 2. The molecule has 0 radical (unpaired) electrons. The van der Waals surface area contributed by atoms with Gasteiger partial charge in [-0.15, -0.1) is 0 Å². The van der Waals surface area contributed by atoms with Gasteiger partial charge < -0.3 is 36.3 Å². The Kier molecular flexibility index (Phi) is 10.5. The number of rotatable bonds is 12. The molecular weight excluding hydrogens is 564 g/mol. The second-order valence-corrected chi connectivity index (χ2v) is 9.72. The summed E-state index contributed by atoms with van der Waals surface area (Å²) in [6, 6.07) is 6.97. The van der Waals surface area contributed by atoms with Crippen LogP contribution >= 0.6 is 0 Å². The summed E-state index contributed by atoms with van der Waals surface area (Å²) in [4.78, 5) is 23.9. The van der Waals surface area contributed by atoms with Crippen molar-refractivity contribution in [3.63, 3.8) is 0 Å². The Morgan fingerprint density at radius 1 is 1.12 bits per heavy atom. The lowest BCUT2D eigenvalue weighted by Crippen LogP contribution is -2.43. The Bertz CT molecular complexity index is 1410. The minimum absolute atomic E-state index is 0.112. The van der Waals surface area contributed by atoms with E-state index in [1.54, 1.807) is 43.5 Å². The molecular formula is C29H35F2N7O5. The second kappa shape index (κ2) is 14.5. The van der Waals surface area contributed by atoms with Gasteiger partial charge in [0.2, 0.25) is 12.0 Å². The summed E-state index contributed by atoms with van der Waals surface area (Å²) < 4.78 is 47.5. The van der Waals surface area contributed by atoms with Crippen LogP contribution in [0.4, 0.5) is 14.5 Å². The maximum atomic E-state index is 15.9. The fraction of sp³-hybridized carbons (Fsp3) is 0.345. The van der Waals surface area contributed by atoms with E-state index in [9.17, 15) is 4.79 Å². The lowest BCUT2D eigenvalue weighted by atomic mass is 10.1. The van der Waals surface area contributed by atoms with E-state index in [4.69, 9.17) is 41.7 Å². The lowest BCUT2D eigenvalue weighted by Gasteiger charge is -2.36. The molecule has 2 aliphatic rings. The number of nitrogens with zero attached hydrogens (tertiary/aromatic N) is 3. The topological polar surface area (TPSA) is 175 Å². The van der Waals surface area contributed by atoms with E-state index in [1.165, 1.54) is 17.2 Å². The van der Waals surface area contributed by atoms with Gasteiger partial charge in [0.25, 0.3) is 0 Å². The monoisotopic (exact) mass is 599 g/mol. The Hall–Kier alpha value is -4.69. The largest absolute Gasteiger partial charge is 0.466 e. The molecule has 0 bridgehead atoms. The molecule has 4 rings (SSSR count). The number of nitrogens with one attached hydrogen (secondary N) is 1. The molecule has 0 amide bonds.